The maximum atomic E-state index is 12.3. The number of alkyl halides is 2. The molecule has 0 aliphatic carbocycles. The summed E-state index contributed by atoms with van der Waals surface area (Å²) in [6, 6.07) is 5.34. The molecule has 0 saturated heterocycles. The molecule has 4 nitrogen and oxygen atoms in total. The van der Waals surface area contributed by atoms with Gasteiger partial charge >= 0.3 is 6.61 Å². The van der Waals surface area contributed by atoms with Gasteiger partial charge in [0.05, 0.1) is 6.61 Å². The fourth-order valence-electron chi connectivity index (χ4n) is 2.03. The van der Waals surface area contributed by atoms with Crippen molar-refractivity contribution in [2.24, 2.45) is 0 Å². The van der Waals surface area contributed by atoms with Gasteiger partial charge in [-0.2, -0.15) is 8.78 Å². The van der Waals surface area contributed by atoms with Crippen molar-refractivity contribution in [2.75, 3.05) is 27.2 Å². The van der Waals surface area contributed by atoms with Crippen molar-refractivity contribution in [1.29, 1.82) is 0 Å². The first-order chi connectivity index (χ1) is 9.92. The summed E-state index contributed by atoms with van der Waals surface area (Å²) in [5, 5.41) is 3.37. The van der Waals surface area contributed by atoms with E-state index in [0.717, 1.165) is 12.1 Å². The van der Waals surface area contributed by atoms with Crippen LogP contribution in [0, 0.1) is 0 Å². The average Bonchev–Trinajstić information content (AvgIpc) is 2.38. The monoisotopic (exact) mass is 302 g/mol. The number of nitrogens with one attached hydrogen (secondary N) is 1. The minimum absolute atomic E-state index is 0.0666. The van der Waals surface area contributed by atoms with Crippen molar-refractivity contribution in [1.82, 2.24) is 10.2 Å². The van der Waals surface area contributed by atoms with E-state index in [1.54, 1.807) is 19.1 Å². The van der Waals surface area contributed by atoms with Gasteiger partial charge in [-0.05, 0) is 45.6 Å². The largest absolute Gasteiger partial charge is 0.490 e. The van der Waals surface area contributed by atoms with E-state index in [2.05, 4.69) is 21.9 Å². The highest BCUT2D eigenvalue weighted by Gasteiger charge is 2.12. The van der Waals surface area contributed by atoms with Crippen LogP contribution in [-0.4, -0.2) is 44.8 Å². The highest BCUT2D eigenvalue weighted by atomic mass is 19.3. The minimum Gasteiger partial charge on any atom is -0.490 e. The second kappa shape index (κ2) is 8.79. The molecule has 0 saturated carbocycles. The van der Waals surface area contributed by atoms with Crippen LogP contribution in [0.4, 0.5) is 8.78 Å². The molecule has 1 aromatic rings. The first-order valence-electron chi connectivity index (χ1n) is 7.01. The van der Waals surface area contributed by atoms with E-state index in [0.29, 0.717) is 24.9 Å². The van der Waals surface area contributed by atoms with Crippen LogP contribution in [0.1, 0.15) is 19.4 Å². The molecule has 0 heterocycles. The van der Waals surface area contributed by atoms with E-state index in [-0.39, 0.29) is 5.75 Å². The molecule has 0 radical (unpaired) electrons. The van der Waals surface area contributed by atoms with Crippen LogP contribution in [0.25, 0.3) is 0 Å². The Balaban J connectivity index is 2.69. The number of nitrogens with zero attached hydrogens (tertiary/aromatic N) is 1. The number of benzene rings is 1. The standard InChI is InChI=1S/C15H24F2N2O2/c1-5-20-14-8-12(6-7-13(14)21-15(16)17)9-18-11(2)10-19(3)4/h6-8,11,15,18H,5,9-10H2,1-4H3. The Kier molecular flexibility index (Phi) is 7.39. The zero-order valence-corrected chi connectivity index (χ0v) is 13.0. The van der Waals surface area contributed by atoms with Crippen molar-refractivity contribution in [3.05, 3.63) is 23.8 Å². The molecular weight excluding hydrogens is 278 g/mol. The lowest BCUT2D eigenvalue weighted by atomic mass is 10.2. The molecule has 0 fully saturated rings. The maximum Gasteiger partial charge on any atom is 0.387 e. The molecular formula is C15H24F2N2O2. The Morgan fingerprint density at radius 1 is 1.24 bits per heavy atom. The van der Waals surface area contributed by atoms with E-state index in [9.17, 15) is 8.78 Å². The number of ether oxygens (including phenoxy) is 2. The van der Waals surface area contributed by atoms with E-state index in [4.69, 9.17) is 4.74 Å². The van der Waals surface area contributed by atoms with Gasteiger partial charge in [-0.1, -0.05) is 6.07 Å². The molecule has 0 aromatic heterocycles. The highest BCUT2D eigenvalue weighted by Crippen LogP contribution is 2.29. The van der Waals surface area contributed by atoms with Crippen LogP contribution >= 0.6 is 0 Å². The van der Waals surface area contributed by atoms with Crippen molar-refractivity contribution in [3.63, 3.8) is 0 Å². The Morgan fingerprint density at radius 2 is 1.95 bits per heavy atom. The zero-order chi connectivity index (χ0) is 15.8. The number of hydrogen-bond donors (Lipinski definition) is 1. The van der Waals surface area contributed by atoms with Crippen molar-refractivity contribution in [3.8, 4) is 11.5 Å². The van der Waals surface area contributed by atoms with Gasteiger partial charge in [0.1, 0.15) is 0 Å². The van der Waals surface area contributed by atoms with E-state index < -0.39 is 6.61 Å². The summed E-state index contributed by atoms with van der Waals surface area (Å²) in [6.07, 6.45) is 0. The molecule has 120 valence electrons. The predicted molar refractivity (Wildman–Crippen MR) is 79.1 cm³/mol. The number of halogens is 2. The lowest BCUT2D eigenvalue weighted by Crippen LogP contribution is -2.35. The van der Waals surface area contributed by atoms with Gasteiger partial charge in [-0.15, -0.1) is 0 Å². The molecule has 0 spiro atoms. The quantitative estimate of drug-likeness (QED) is 0.760. The Hall–Kier alpha value is -1.40. The topological polar surface area (TPSA) is 33.7 Å². The molecule has 21 heavy (non-hydrogen) atoms. The lowest BCUT2D eigenvalue weighted by Gasteiger charge is -2.19. The van der Waals surface area contributed by atoms with Crippen LogP contribution in [0.3, 0.4) is 0 Å². The van der Waals surface area contributed by atoms with Crippen LogP contribution < -0.4 is 14.8 Å². The number of rotatable bonds is 9. The van der Waals surface area contributed by atoms with E-state index in [1.807, 2.05) is 14.1 Å². The molecule has 1 unspecified atom stereocenters. The minimum atomic E-state index is -2.85. The number of likely N-dealkylation sites (N-methyl/N-ethyl adjacent to an activating group) is 1. The van der Waals surface area contributed by atoms with Crippen LogP contribution in [0.5, 0.6) is 11.5 Å². The molecule has 0 bridgehead atoms. The third kappa shape index (κ3) is 6.73. The van der Waals surface area contributed by atoms with Gasteiger partial charge < -0.3 is 19.7 Å². The van der Waals surface area contributed by atoms with Gasteiger partial charge in [0, 0.05) is 19.1 Å². The average molecular weight is 302 g/mol. The van der Waals surface area contributed by atoms with Gasteiger partial charge in [0.25, 0.3) is 0 Å². The Morgan fingerprint density at radius 3 is 2.52 bits per heavy atom. The summed E-state index contributed by atoms with van der Waals surface area (Å²) in [5.74, 6) is 0.411. The van der Waals surface area contributed by atoms with Crippen LogP contribution in [0.15, 0.2) is 18.2 Å². The van der Waals surface area contributed by atoms with Crippen LogP contribution in [0.2, 0.25) is 0 Å². The molecule has 1 rings (SSSR count). The highest BCUT2D eigenvalue weighted by molar-refractivity contribution is 5.43. The molecule has 0 aliphatic rings. The second-order valence-corrected chi connectivity index (χ2v) is 5.14. The summed E-state index contributed by atoms with van der Waals surface area (Å²) in [7, 11) is 4.03. The summed E-state index contributed by atoms with van der Waals surface area (Å²) in [6.45, 7) is 3.00. The molecule has 1 N–H and O–H groups in total. The fraction of sp³-hybridized carbons (Fsp3) is 0.600. The molecule has 1 atom stereocenters. The first-order valence-corrected chi connectivity index (χ1v) is 7.01. The predicted octanol–water partition coefficient (Wildman–Crippen LogP) is 2.73. The first kappa shape index (κ1) is 17.7. The molecule has 0 amide bonds. The van der Waals surface area contributed by atoms with Crippen LogP contribution in [-0.2, 0) is 6.54 Å². The SMILES string of the molecule is CCOc1cc(CNC(C)CN(C)C)ccc1OC(F)F. The Labute approximate surface area is 125 Å². The smallest absolute Gasteiger partial charge is 0.387 e. The third-order valence-electron chi connectivity index (χ3n) is 2.82. The summed E-state index contributed by atoms with van der Waals surface area (Å²) in [4.78, 5) is 2.10. The molecule has 0 aliphatic heterocycles. The lowest BCUT2D eigenvalue weighted by molar-refractivity contribution is -0.0514. The Bertz CT molecular complexity index is 428. The summed E-state index contributed by atoms with van der Waals surface area (Å²) < 4.78 is 34.4. The molecule has 6 heteroatoms. The van der Waals surface area contributed by atoms with E-state index >= 15 is 0 Å². The maximum absolute atomic E-state index is 12.3. The summed E-state index contributed by atoms with van der Waals surface area (Å²) >= 11 is 0. The van der Waals surface area contributed by atoms with Gasteiger partial charge in [-0.25, -0.2) is 0 Å². The zero-order valence-electron chi connectivity index (χ0n) is 13.0. The normalized spacial score (nSPS) is 12.8. The summed E-state index contributed by atoms with van der Waals surface area (Å²) in [5.41, 5.74) is 0.964. The third-order valence-corrected chi connectivity index (χ3v) is 2.82. The van der Waals surface area contributed by atoms with Gasteiger partial charge in [-0.3, -0.25) is 0 Å². The van der Waals surface area contributed by atoms with Crippen molar-refractivity contribution < 1.29 is 18.3 Å². The van der Waals surface area contributed by atoms with Crippen molar-refractivity contribution in [2.45, 2.75) is 33.0 Å². The van der Waals surface area contributed by atoms with E-state index in [1.165, 1.54) is 6.07 Å². The number of hydrogen-bond acceptors (Lipinski definition) is 4. The molecule has 1 aromatic carbocycles. The fourth-order valence-corrected chi connectivity index (χ4v) is 2.03. The van der Waals surface area contributed by atoms with Gasteiger partial charge in [0.2, 0.25) is 0 Å². The van der Waals surface area contributed by atoms with Gasteiger partial charge in [0.15, 0.2) is 11.5 Å². The van der Waals surface area contributed by atoms with Crippen molar-refractivity contribution >= 4 is 0 Å². The second-order valence-electron chi connectivity index (χ2n) is 5.14.